The van der Waals surface area contributed by atoms with Crippen molar-refractivity contribution in [1.82, 2.24) is 4.90 Å². The van der Waals surface area contributed by atoms with Gasteiger partial charge in [-0.1, -0.05) is 50.7 Å². The van der Waals surface area contributed by atoms with Gasteiger partial charge in [-0.3, -0.25) is 9.59 Å². The van der Waals surface area contributed by atoms with E-state index in [2.05, 4.69) is 12.2 Å². The molecule has 0 radical (unpaired) electrons. The molecule has 0 aromatic rings. The second-order valence-corrected chi connectivity index (χ2v) is 7.12. The fraction of sp³-hybridized carbons (Fsp3) is 0.818. The van der Waals surface area contributed by atoms with Crippen molar-refractivity contribution in [3.63, 3.8) is 0 Å². The van der Waals surface area contributed by atoms with Crippen LogP contribution >= 0.6 is 0 Å². The van der Waals surface area contributed by atoms with E-state index in [9.17, 15) is 9.59 Å². The quantitative estimate of drug-likeness (QED) is 0.262. The maximum atomic E-state index is 11.9. The number of hydrogen-bond donors (Lipinski definition) is 1. The average molecular weight is 367 g/mol. The Morgan fingerprint density at radius 3 is 1.58 bits per heavy atom. The fourth-order valence-electron chi connectivity index (χ4n) is 3.13. The molecular formula is C22H42N2O2. The number of rotatable bonds is 18. The Hall–Kier alpha value is -1.32. The zero-order valence-corrected chi connectivity index (χ0v) is 17.3. The molecule has 2 N–H and O–H groups in total. The predicted molar refractivity (Wildman–Crippen MR) is 111 cm³/mol. The summed E-state index contributed by atoms with van der Waals surface area (Å²) in [6, 6.07) is 0. The topological polar surface area (TPSA) is 63.4 Å². The Kier molecular flexibility index (Phi) is 17.5. The third-order valence-electron chi connectivity index (χ3n) is 4.84. The highest BCUT2D eigenvalue weighted by Gasteiger charge is 2.07. The summed E-state index contributed by atoms with van der Waals surface area (Å²) in [5, 5.41) is 0. The van der Waals surface area contributed by atoms with Gasteiger partial charge in [0.15, 0.2) is 0 Å². The second kappa shape index (κ2) is 18.5. The molecule has 0 aromatic heterocycles. The van der Waals surface area contributed by atoms with Gasteiger partial charge in [-0.05, 0) is 52.4 Å². The third kappa shape index (κ3) is 16.2. The van der Waals surface area contributed by atoms with E-state index in [1.807, 2.05) is 18.7 Å². The van der Waals surface area contributed by atoms with E-state index in [0.29, 0.717) is 18.7 Å². The molecule has 2 amide bonds. The number of nitrogens with two attached hydrogens (primary N) is 1. The molecule has 0 unspecified atom stereocenters. The predicted octanol–water partition coefficient (Wildman–Crippen LogP) is 5.36. The van der Waals surface area contributed by atoms with Gasteiger partial charge in [-0.15, -0.1) is 0 Å². The van der Waals surface area contributed by atoms with Crippen LogP contribution in [-0.2, 0) is 9.59 Å². The zero-order chi connectivity index (χ0) is 19.5. The lowest BCUT2D eigenvalue weighted by Gasteiger charge is -2.18. The fourth-order valence-corrected chi connectivity index (χ4v) is 3.13. The summed E-state index contributed by atoms with van der Waals surface area (Å²) in [6.45, 7) is 5.75. The first-order valence-corrected chi connectivity index (χ1v) is 10.8. The molecule has 0 rings (SSSR count). The highest BCUT2D eigenvalue weighted by atomic mass is 16.2. The van der Waals surface area contributed by atoms with E-state index in [4.69, 9.17) is 5.73 Å². The maximum absolute atomic E-state index is 11.9. The Morgan fingerprint density at radius 2 is 1.12 bits per heavy atom. The number of carbonyl (C=O) groups excluding carboxylic acids is 2. The standard InChI is InChI=1S/C22H42N2O2/c1-3-24(4-2)22(26)20-18-16-14-12-10-8-6-5-7-9-11-13-15-17-19-21(23)25/h5-6H,3-4,7-20H2,1-2H3,(H2,23,25). The van der Waals surface area contributed by atoms with Crippen LogP contribution in [0.25, 0.3) is 0 Å². The van der Waals surface area contributed by atoms with Crippen molar-refractivity contribution in [3.8, 4) is 0 Å². The SMILES string of the molecule is CCN(CC)C(=O)CCCCCCCC=CCCCCCCCC(N)=O. The van der Waals surface area contributed by atoms with Crippen molar-refractivity contribution in [2.45, 2.75) is 104 Å². The van der Waals surface area contributed by atoms with Crippen molar-refractivity contribution < 1.29 is 9.59 Å². The lowest BCUT2D eigenvalue weighted by molar-refractivity contribution is -0.131. The van der Waals surface area contributed by atoms with Gasteiger partial charge in [-0.25, -0.2) is 0 Å². The molecule has 0 spiro atoms. The van der Waals surface area contributed by atoms with Gasteiger partial charge in [0.1, 0.15) is 0 Å². The number of amides is 2. The Bertz CT molecular complexity index is 376. The molecule has 0 aliphatic rings. The van der Waals surface area contributed by atoms with Gasteiger partial charge in [0.25, 0.3) is 0 Å². The van der Waals surface area contributed by atoms with Gasteiger partial charge in [0.05, 0.1) is 0 Å². The van der Waals surface area contributed by atoms with Crippen molar-refractivity contribution in [1.29, 1.82) is 0 Å². The van der Waals surface area contributed by atoms with Gasteiger partial charge in [0.2, 0.25) is 11.8 Å². The highest BCUT2D eigenvalue weighted by molar-refractivity contribution is 5.76. The molecular weight excluding hydrogens is 324 g/mol. The number of unbranched alkanes of at least 4 members (excludes halogenated alkanes) is 10. The third-order valence-corrected chi connectivity index (χ3v) is 4.84. The van der Waals surface area contributed by atoms with E-state index >= 15 is 0 Å². The number of carbonyl (C=O) groups is 2. The minimum atomic E-state index is -0.180. The smallest absolute Gasteiger partial charge is 0.222 e. The molecule has 0 heterocycles. The van der Waals surface area contributed by atoms with Crippen LogP contribution in [0.1, 0.15) is 104 Å². The molecule has 0 fully saturated rings. The first-order chi connectivity index (χ1) is 12.6. The van der Waals surface area contributed by atoms with Crippen LogP contribution in [0.5, 0.6) is 0 Å². The van der Waals surface area contributed by atoms with Gasteiger partial charge in [-0.2, -0.15) is 0 Å². The summed E-state index contributed by atoms with van der Waals surface area (Å²) in [5.74, 6) is 0.131. The molecule has 0 bridgehead atoms. The summed E-state index contributed by atoms with van der Waals surface area (Å²) < 4.78 is 0. The first-order valence-electron chi connectivity index (χ1n) is 10.8. The average Bonchev–Trinajstić information content (AvgIpc) is 2.62. The Balaban J connectivity index is 3.29. The minimum absolute atomic E-state index is 0.180. The van der Waals surface area contributed by atoms with E-state index in [1.165, 1.54) is 57.8 Å². The van der Waals surface area contributed by atoms with Crippen LogP contribution < -0.4 is 5.73 Å². The molecule has 4 heteroatoms. The second-order valence-electron chi connectivity index (χ2n) is 7.12. The van der Waals surface area contributed by atoms with Crippen LogP contribution in [0, 0.1) is 0 Å². The zero-order valence-electron chi connectivity index (χ0n) is 17.3. The van der Waals surface area contributed by atoms with Crippen molar-refractivity contribution in [2.75, 3.05) is 13.1 Å². The molecule has 26 heavy (non-hydrogen) atoms. The van der Waals surface area contributed by atoms with E-state index in [1.54, 1.807) is 0 Å². The highest BCUT2D eigenvalue weighted by Crippen LogP contribution is 2.10. The van der Waals surface area contributed by atoms with Gasteiger partial charge < -0.3 is 10.6 Å². The number of primary amides is 1. The first kappa shape index (κ1) is 24.7. The van der Waals surface area contributed by atoms with Crippen molar-refractivity contribution in [3.05, 3.63) is 12.2 Å². The molecule has 0 saturated heterocycles. The summed E-state index contributed by atoms with van der Waals surface area (Å²) in [7, 11) is 0. The molecule has 4 nitrogen and oxygen atoms in total. The monoisotopic (exact) mass is 366 g/mol. The van der Waals surface area contributed by atoms with Gasteiger partial charge in [0, 0.05) is 25.9 Å². The molecule has 0 saturated carbocycles. The van der Waals surface area contributed by atoms with Crippen LogP contribution in [-0.4, -0.2) is 29.8 Å². The number of nitrogens with zero attached hydrogens (tertiary/aromatic N) is 1. The van der Waals surface area contributed by atoms with E-state index < -0.39 is 0 Å². The van der Waals surface area contributed by atoms with E-state index in [-0.39, 0.29) is 5.91 Å². The largest absolute Gasteiger partial charge is 0.370 e. The normalized spacial score (nSPS) is 11.2. The Labute approximate surface area is 161 Å². The molecule has 0 aliphatic carbocycles. The van der Waals surface area contributed by atoms with E-state index in [0.717, 1.165) is 32.4 Å². The maximum Gasteiger partial charge on any atom is 0.222 e. The number of allylic oxidation sites excluding steroid dienone is 2. The van der Waals surface area contributed by atoms with Crippen LogP contribution in [0.2, 0.25) is 0 Å². The lowest BCUT2D eigenvalue weighted by Crippen LogP contribution is -2.30. The summed E-state index contributed by atoms with van der Waals surface area (Å²) >= 11 is 0. The summed E-state index contributed by atoms with van der Waals surface area (Å²) in [5.41, 5.74) is 5.12. The lowest BCUT2D eigenvalue weighted by atomic mass is 10.1. The summed E-state index contributed by atoms with van der Waals surface area (Å²) in [4.78, 5) is 24.4. The minimum Gasteiger partial charge on any atom is -0.370 e. The molecule has 152 valence electrons. The van der Waals surface area contributed by atoms with Crippen LogP contribution in [0.3, 0.4) is 0 Å². The number of hydrogen-bond acceptors (Lipinski definition) is 2. The van der Waals surface area contributed by atoms with Crippen molar-refractivity contribution >= 4 is 11.8 Å². The van der Waals surface area contributed by atoms with Crippen molar-refractivity contribution in [2.24, 2.45) is 5.73 Å². The summed E-state index contributed by atoms with van der Waals surface area (Å²) in [6.07, 6.45) is 19.9. The van der Waals surface area contributed by atoms with Gasteiger partial charge >= 0.3 is 0 Å². The van der Waals surface area contributed by atoms with Crippen LogP contribution in [0.4, 0.5) is 0 Å². The van der Waals surface area contributed by atoms with Crippen LogP contribution in [0.15, 0.2) is 12.2 Å². The molecule has 0 atom stereocenters. The molecule has 0 aromatic carbocycles. The molecule has 0 aliphatic heterocycles. The Morgan fingerprint density at radius 1 is 0.692 bits per heavy atom.